The van der Waals surface area contributed by atoms with Crippen molar-refractivity contribution in [1.82, 2.24) is 4.90 Å². The summed E-state index contributed by atoms with van der Waals surface area (Å²) in [6.07, 6.45) is -5.47. The summed E-state index contributed by atoms with van der Waals surface area (Å²) in [6, 6.07) is 19.3. The van der Waals surface area contributed by atoms with Crippen LogP contribution in [-0.4, -0.2) is 42.3 Å². The minimum absolute atomic E-state index is 0.0434. The van der Waals surface area contributed by atoms with E-state index < -0.39 is 35.4 Å². The fourth-order valence-corrected chi connectivity index (χ4v) is 4.67. The second kappa shape index (κ2) is 10.5. The van der Waals surface area contributed by atoms with E-state index in [1.165, 1.54) is 19.2 Å². The molecule has 38 heavy (non-hydrogen) atoms. The predicted octanol–water partition coefficient (Wildman–Crippen LogP) is 6.84. The number of ether oxygens (including phenoxy) is 2. The standard InChI is InChI=1S/C30H30F3NO4/c1-29(2,3)38-27(35)26(17-19-10-9-11-20(16-19)30(31,32)33)34(4)28(36)37-18-25-23-14-7-5-12-21(23)22-13-6-8-15-24(22)25/h5-16,25-26H,17-18H2,1-4H3. The number of carbonyl (C=O) groups is 2. The van der Waals surface area contributed by atoms with Gasteiger partial charge < -0.3 is 9.47 Å². The van der Waals surface area contributed by atoms with Gasteiger partial charge >= 0.3 is 18.2 Å². The number of amides is 1. The van der Waals surface area contributed by atoms with Crippen molar-refractivity contribution in [3.8, 4) is 11.1 Å². The van der Waals surface area contributed by atoms with Crippen molar-refractivity contribution in [2.75, 3.05) is 13.7 Å². The minimum Gasteiger partial charge on any atom is -0.458 e. The van der Waals surface area contributed by atoms with Gasteiger partial charge in [0.1, 0.15) is 18.2 Å². The Balaban J connectivity index is 1.54. The molecule has 0 fully saturated rings. The maximum absolute atomic E-state index is 13.3. The highest BCUT2D eigenvalue weighted by Gasteiger charge is 2.35. The molecule has 0 aromatic heterocycles. The summed E-state index contributed by atoms with van der Waals surface area (Å²) in [5, 5.41) is 0. The molecular formula is C30H30F3NO4. The van der Waals surface area contributed by atoms with Crippen molar-refractivity contribution < 1.29 is 32.2 Å². The molecule has 8 heteroatoms. The molecule has 1 atom stereocenters. The SMILES string of the molecule is CN(C(=O)OCC1c2ccccc2-c2ccccc21)C(Cc1cccc(C(F)(F)F)c1)C(=O)OC(C)(C)C. The summed E-state index contributed by atoms with van der Waals surface area (Å²) in [7, 11) is 1.39. The quantitative estimate of drug-likeness (QED) is 0.331. The Kier molecular flexibility index (Phi) is 7.54. The molecule has 1 aliphatic rings. The molecule has 1 aliphatic carbocycles. The average Bonchev–Trinajstić information content (AvgIpc) is 3.17. The number of nitrogens with zero attached hydrogens (tertiary/aromatic N) is 1. The summed E-state index contributed by atoms with van der Waals surface area (Å²) < 4.78 is 50.9. The fourth-order valence-electron chi connectivity index (χ4n) is 4.67. The summed E-state index contributed by atoms with van der Waals surface area (Å²) in [6.45, 7) is 5.08. The monoisotopic (exact) mass is 525 g/mol. The molecule has 0 spiro atoms. The second-order valence-corrected chi connectivity index (χ2v) is 10.4. The van der Waals surface area contributed by atoms with Crippen molar-refractivity contribution >= 4 is 12.1 Å². The lowest BCUT2D eigenvalue weighted by atomic mass is 9.98. The molecule has 0 bridgehead atoms. The third kappa shape index (κ3) is 6.01. The largest absolute Gasteiger partial charge is 0.458 e. The van der Waals surface area contributed by atoms with Gasteiger partial charge in [0.2, 0.25) is 0 Å². The lowest BCUT2D eigenvalue weighted by molar-refractivity contribution is -0.160. The Morgan fingerprint density at radius 2 is 1.47 bits per heavy atom. The predicted molar refractivity (Wildman–Crippen MR) is 138 cm³/mol. The van der Waals surface area contributed by atoms with E-state index in [2.05, 4.69) is 0 Å². The average molecular weight is 526 g/mol. The van der Waals surface area contributed by atoms with Crippen molar-refractivity contribution in [1.29, 1.82) is 0 Å². The number of hydrogen-bond donors (Lipinski definition) is 0. The molecule has 5 nitrogen and oxygen atoms in total. The number of halogens is 3. The normalized spacial score (nSPS) is 13.9. The van der Waals surface area contributed by atoms with Crippen LogP contribution in [0.5, 0.6) is 0 Å². The van der Waals surface area contributed by atoms with Gasteiger partial charge in [-0.3, -0.25) is 4.90 Å². The van der Waals surface area contributed by atoms with E-state index in [0.29, 0.717) is 0 Å². The van der Waals surface area contributed by atoms with E-state index in [0.717, 1.165) is 39.3 Å². The first-order valence-corrected chi connectivity index (χ1v) is 12.3. The maximum Gasteiger partial charge on any atom is 0.416 e. The number of fused-ring (bicyclic) bond motifs is 3. The zero-order valence-electron chi connectivity index (χ0n) is 21.7. The van der Waals surface area contributed by atoms with Crippen LogP contribution in [0.3, 0.4) is 0 Å². The Labute approximate surface area is 220 Å². The molecule has 1 amide bonds. The molecule has 0 radical (unpaired) electrons. The Bertz CT molecular complexity index is 1280. The van der Waals surface area contributed by atoms with Crippen LogP contribution < -0.4 is 0 Å². The van der Waals surface area contributed by atoms with Crippen LogP contribution in [-0.2, 0) is 26.9 Å². The smallest absolute Gasteiger partial charge is 0.416 e. The Morgan fingerprint density at radius 1 is 0.895 bits per heavy atom. The van der Waals surface area contributed by atoms with Gasteiger partial charge in [-0.2, -0.15) is 13.2 Å². The van der Waals surface area contributed by atoms with Gasteiger partial charge in [-0.15, -0.1) is 0 Å². The number of carbonyl (C=O) groups excluding carboxylic acids is 2. The third-order valence-corrected chi connectivity index (χ3v) is 6.45. The highest BCUT2D eigenvalue weighted by molar-refractivity contribution is 5.82. The highest BCUT2D eigenvalue weighted by atomic mass is 19.4. The molecule has 0 saturated carbocycles. The number of alkyl halides is 3. The molecule has 0 N–H and O–H groups in total. The van der Waals surface area contributed by atoms with Crippen molar-refractivity contribution in [2.24, 2.45) is 0 Å². The molecule has 4 rings (SSSR count). The van der Waals surface area contributed by atoms with Crippen LogP contribution in [0, 0.1) is 0 Å². The maximum atomic E-state index is 13.3. The molecule has 0 aliphatic heterocycles. The number of hydrogen-bond acceptors (Lipinski definition) is 4. The van der Waals surface area contributed by atoms with E-state index >= 15 is 0 Å². The first kappa shape index (κ1) is 27.2. The van der Waals surface area contributed by atoms with Gasteiger partial charge in [0, 0.05) is 19.4 Å². The molecule has 200 valence electrons. The van der Waals surface area contributed by atoms with E-state index in [4.69, 9.17) is 9.47 Å². The molecule has 0 saturated heterocycles. The number of likely N-dealkylation sites (N-methyl/N-ethyl adjacent to an activating group) is 1. The molecular weight excluding hydrogens is 495 g/mol. The minimum atomic E-state index is -4.53. The molecule has 3 aromatic rings. The van der Waals surface area contributed by atoms with Gasteiger partial charge in [-0.05, 0) is 54.7 Å². The summed E-state index contributed by atoms with van der Waals surface area (Å²) in [5.41, 5.74) is 2.79. The van der Waals surface area contributed by atoms with Crippen LogP contribution >= 0.6 is 0 Å². The topological polar surface area (TPSA) is 55.8 Å². The van der Waals surface area contributed by atoms with Gasteiger partial charge in [-0.1, -0.05) is 66.7 Å². The van der Waals surface area contributed by atoms with Gasteiger partial charge in [0.15, 0.2) is 0 Å². The van der Waals surface area contributed by atoms with Crippen LogP contribution in [0.1, 0.15) is 48.9 Å². The van der Waals surface area contributed by atoms with E-state index in [-0.39, 0.29) is 24.5 Å². The van der Waals surface area contributed by atoms with Crippen molar-refractivity contribution in [3.05, 3.63) is 95.1 Å². The van der Waals surface area contributed by atoms with Gasteiger partial charge in [-0.25, -0.2) is 9.59 Å². The van der Waals surface area contributed by atoms with E-state index in [9.17, 15) is 22.8 Å². The summed E-state index contributed by atoms with van der Waals surface area (Å²) >= 11 is 0. The molecule has 1 unspecified atom stereocenters. The molecule has 3 aromatic carbocycles. The number of rotatable bonds is 6. The second-order valence-electron chi connectivity index (χ2n) is 10.4. The number of benzene rings is 3. The van der Waals surface area contributed by atoms with Crippen LogP contribution in [0.15, 0.2) is 72.8 Å². The van der Waals surface area contributed by atoms with Crippen LogP contribution in [0.2, 0.25) is 0 Å². The van der Waals surface area contributed by atoms with Crippen molar-refractivity contribution in [2.45, 2.75) is 50.9 Å². The Hall–Kier alpha value is -3.81. The van der Waals surface area contributed by atoms with E-state index in [1.54, 1.807) is 20.8 Å². The lowest BCUT2D eigenvalue weighted by Gasteiger charge is -2.30. The van der Waals surface area contributed by atoms with E-state index in [1.807, 2.05) is 48.5 Å². The first-order chi connectivity index (χ1) is 17.8. The zero-order chi connectivity index (χ0) is 27.7. The van der Waals surface area contributed by atoms with Gasteiger partial charge in [0.05, 0.1) is 5.56 Å². The fraction of sp³-hybridized carbons (Fsp3) is 0.333. The Morgan fingerprint density at radius 3 is 2.03 bits per heavy atom. The first-order valence-electron chi connectivity index (χ1n) is 12.3. The highest BCUT2D eigenvalue weighted by Crippen LogP contribution is 2.44. The number of esters is 1. The summed E-state index contributed by atoms with van der Waals surface area (Å²) in [4.78, 5) is 27.4. The third-order valence-electron chi connectivity index (χ3n) is 6.45. The van der Waals surface area contributed by atoms with Crippen LogP contribution in [0.25, 0.3) is 11.1 Å². The lowest BCUT2D eigenvalue weighted by Crippen LogP contribution is -2.47. The zero-order valence-corrected chi connectivity index (χ0v) is 21.7. The van der Waals surface area contributed by atoms with Crippen LogP contribution in [0.4, 0.5) is 18.0 Å². The molecule has 0 heterocycles. The van der Waals surface area contributed by atoms with Crippen molar-refractivity contribution in [3.63, 3.8) is 0 Å². The van der Waals surface area contributed by atoms with Gasteiger partial charge in [0.25, 0.3) is 0 Å². The summed E-state index contributed by atoms with van der Waals surface area (Å²) in [5.74, 6) is -0.908.